The molecule has 4 rings (SSSR count). The van der Waals surface area contributed by atoms with Gasteiger partial charge in [-0.1, -0.05) is 34.5 Å². The summed E-state index contributed by atoms with van der Waals surface area (Å²) in [5.41, 5.74) is 2.44. The summed E-state index contributed by atoms with van der Waals surface area (Å²) in [4.78, 5) is 11.7. The van der Waals surface area contributed by atoms with E-state index in [1.807, 2.05) is 19.2 Å². The number of nitrogens with zero attached hydrogens (tertiary/aromatic N) is 6. The maximum Gasteiger partial charge on any atom is 0.183 e. The molecule has 0 spiro atoms. The van der Waals surface area contributed by atoms with Crippen LogP contribution in [0.2, 0.25) is 10.0 Å². The van der Waals surface area contributed by atoms with Crippen LogP contribution >= 0.6 is 23.2 Å². The van der Waals surface area contributed by atoms with Crippen LogP contribution < -0.4 is 4.90 Å². The number of aromatic nitrogens is 5. The van der Waals surface area contributed by atoms with Crippen LogP contribution in [0, 0.1) is 0 Å². The summed E-state index contributed by atoms with van der Waals surface area (Å²) in [5.74, 6) is 1.57. The highest BCUT2D eigenvalue weighted by molar-refractivity contribution is 6.35. The van der Waals surface area contributed by atoms with Crippen molar-refractivity contribution in [2.45, 2.75) is 19.3 Å². The Kier molecular flexibility index (Phi) is 4.02. The van der Waals surface area contributed by atoms with Gasteiger partial charge in [-0.25, -0.2) is 14.6 Å². The van der Waals surface area contributed by atoms with Crippen molar-refractivity contribution >= 4 is 40.2 Å². The summed E-state index contributed by atoms with van der Waals surface area (Å²) in [6, 6.07) is 5.48. The molecule has 0 bridgehead atoms. The molecule has 0 atom stereocenters. The molecule has 1 aromatic carbocycles. The van der Waals surface area contributed by atoms with E-state index in [2.05, 4.69) is 20.2 Å². The largest absolute Gasteiger partial charge is 0.355 e. The number of aryl methyl sites for hydroxylation is 1. The lowest BCUT2D eigenvalue weighted by Gasteiger charge is -2.17. The topological polar surface area (TPSA) is 59.7 Å². The third-order valence-corrected chi connectivity index (χ3v) is 4.84. The lowest BCUT2D eigenvalue weighted by molar-refractivity contribution is 0.728. The molecule has 2 aromatic heterocycles. The van der Waals surface area contributed by atoms with Crippen LogP contribution in [-0.4, -0.2) is 38.1 Å². The molecule has 0 aliphatic carbocycles. The van der Waals surface area contributed by atoms with Crippen LogP contribution in [0.15, 0.2) is 18.2 Å². The lowest BCUT2D eigenvalue weighted by Crippen LogP contribution is -2.20. The van der Waals surface area contributed by atoms with Crippen molar-refractivity contribution in [1.82, 2.24) is 25.0 Å². The van der Waals surface area contributed by atoms with E-state index in [0.29, 0.717) is 22.3 Å². The van der Waals surface area contributed by atoms with E-state index in [0.717, 1.165) is 35.6 Å². The van der Waals surface area contributed by atoms with E-state index in [4.69, 9.17) is 28.2 Å². The monoisotopic (exact) mass is 362 g/mol. The van der Waals surface area contributed by atoms with Gasteiger partial charge in [-0.05, 0) is 30.5 Å². The maximum atomic E-state index is 6.29. The smallest absolute Gasteiger partial charge is 0.183 e. The number of hydrogen-bond donors (Lipinski definition) is 0. The Hall–Kier alpha value is -1.92. The molecule has 1 saturated heterocycles. The zero-order chi connectivity index (χ0) is 16.7. The number of halogens is 2. The van der Waals surface area contributed by atoms with Crippen LogP contribution in [-0.2, 0) is 13.5 Å². The maximum absolute atomic E-state index is 6.29. The Bertz CT molecular complexity index is 901. The average Bonchev–Trinajstić information content (AvgIpc) is 3.20. The predicted molar refractivity (Wildman–Crippen MR) is 94.8 cm³/mol. The summed E-state index contributed by atoms with van der Waals surface area (Å²) in [6.45, 7) is 1.98. The first-order chi connectivity index (χ1) is 11.6. The molecule has 0 saturated carbocycles. The zero-order valence-corrected chi connectivity index (χ0v) is 14.7. The Morgan fingerprint density at radius 3 is 2.67 bits per heavy atom. The Morgan fingerprint density at radius 1 is 1.12 bits per heavy atom. The molecule has 3 aromatic rings. The minimum atomic E-state index is 0.540. The van der Waals surface area contributed by atoms with Crippen molar-refractivity contribution in [2.24, 2.45) is 7.05 Å². The fourth-order valence-corrected chi connectivity index (χ4v) is 3.48. The van der Waals surface area contributed by atoms with Gasteiger partial charge in [0.2, 0.25) is 0 Å². The van der Waals surface area contributed by atoms with Crippen LogP contribution in [0.25, 0.3) is 11.2 Å². The fraction of sp³-hybridized carbons (Fsp3) is 0.375. The van der Waals surface area contributed by atoms with E-state index >= 15 is 0 Å². The second-order valence-electron chi connectivity index (χ2n) is 5.96. The van der Waals surface area contributed by atoms with Gasteiger partial charge in [-0.3, -0.25) is 0 Å². The first kappa shape index (κ1) is 15.6. The van der Waals surface area contributed by atoms with Gasteiger partial charge in [0.25, 0.3) is 0 Å². The fourth-order valence-electron chi connectivity index (χ4n) is 3.01. The molecule has 0 unspecified atom stereocenters. The highest BCUT2D eigenvalue weighted by Crippen LogP contribution is 2.27. The van der Waals surface area contributed by atoms with Gasteiger partial charge in [0.15, 0.2) is 17.0 Å². The summed E-state index contributed by atoms with van der Waals surface area (Å²) in [5, 5.41) is 9.58. The zero-order valence-electron chi connectivity index (χ0n) is 13.2. The van der Waals surface area contributed by atoms with E-state index in [1.165, 1.54) is 12.8 Å². The minimum absolute atomic E-state index is 0.540. The molecular weight excluding hydrogens is 347 g/mol. The van der Waals surface area contributed by atoms with Crippen molar-refractivity contribution in [1.29, 1.82) is 0 Å². The van der Waals surface area contributed by atoms with Crippen LogP contribution in [0.3, 0.4) is 0 Å². The summed E-state index contributed by atoms with van der Waals surface area (Å²) < 4.78 is 1.68. The molecule has 8 heteroatoms. The number of anilines is 1. The van der Waals surface area contributed by atoms with Gasteiger partial charge >= 0.3 is 0 Å². The third kappa shape index (κ3) is 2.80. The number of rotatable bonds is 3. The first-order valence-corrected chi connectivity index (χ1v) is 8.62. The van der Waals surface area contributed by atoms with Crippen molar-refractivity contribution in [3.63, 3.8) is 0 Å². The highest BCUT2D eigenvalue weighted by Gasteiger charge is 2.21. The normalized spacial score (nSPS) is 14.7. The summed E-state index contributed by atoms with van der Waals surface area (Å²) >= 11 is 12.3. The van der Waals surface area contributed by atoms with Crippen LogP contribution in [0.4, 0.5) is 5.82 Å². The number of fused-ring (bicyclic) bond motifs is 1. The highest BCUT2D eigenvalue weighted by atomic mass is 35.5. The van der Waals surface area contributed by atoms with E-state index in [1.54, 1.807) is 10.7 Å². The Balaban J connectivity index is 1.78. The standard InChI is InChI=1S/C16H16Cl2N6/c1-23-15-14(21-22-23)16(24-6-2-3-7-24)20-13(19-15)8-10-4-5-11(17)9-12(10)18/h4-5,9H,2-3,6-8H2,1H3. The molecular formula is C16H16Cl2N6. The predicted octanol–water partition coefficient (Wildman–Crippen LogP) is 3.26. The number of hydrogen-bond acceptors (Lipinski definition) is 5. The van der Waals surface area contributed by atoms with Gasteiger partial charge in [0.1, 0.15) is 5.82 Å². The molecule has 0 radical (unpaired) electrons. The van der Waals surface area contributed by atoms with Gasteiger partial charge in [-0.15, -0.1) is 5.10 Å². The molecule has 1 fully saturated rings. The molecule has 1 aliphatic rings. The molecule has 124 valence electrons. The van der Waals surface area contributed by atoms with Crippen molar-refractivity contribution in [2.75, 3.05) is 18.0 Å². The van der Waals surface area contributed by atoms with E-state index in [-0.39, 0.29) is 0 Å². The molecule has 3 heterocycles. The van der Waals surface area contributed by atoms with Crippen molar-refractivity contribution < 1.29 is 0 Å². The van der Waals surface area contributed by atoms with Crippen molar-refractivity contribution in [3.8, 4) is 0 Å². The second-order valence-corrected chi connectivity index (χ2v) is 6.80. The second kappa shape index (κ2) is 6.18. The Morgan fingerprint density at radius 2 is 1.92 bits per heavy atom. The van der Waals surface area contributed by atoms with Gasteiger partial charge in [-0.2, -0.15) is 0 Å². The minimum Gasteiger partial charge on any atom is -0.355 e. The molecule has 1 aliphatic heterocycles. The quantitative estimate of drug-likeness (QED) is 0.715. The first-order valence-electron chi connectivity index (χ1n) is 7.87. The van der Waals surface area contributed by atoms with Crippen molar-refractivity contribution in [3.05, 3.63) is 39.6 Å². The molecule has 0 N–H and O–H groups in total. The lowest BCUT2D eigenvalue weighted by atomic mass is 10.1. The molecule has 6 nitrogen and oxygen atoms in total. The summed E-state index contributed by atoms with van der Waals surface area (Å²) in [6.07, 6.45) is 2.88. The van der Waals surface area contributed by atoms with Crippen LogP contribution in [0.1, 0.15) is 24.2 Å². The molecule has 0 amide bonds. The van der Waals surface area contributed by atoms with Gasteiger partial charge in [0, 0.05) is 36.6 Å². The average molecular weight is 363 g/mol. The third-order valence-electron chi connectivity index (χ3n) is 4.25. The van der Waals surface area contributed by atoms with E-state index < -0.39 is 0 Å². The van der Waals surface area contributed by atoms with Gasteiger partial charge < -0.3 is 4.90 Å². The Labute approximate surface area is 149 Å². The molecule has 24 heavy (non-hydrogen) atoms. The van der Waals surface area contributed by atoms with Gasteiger partial charge in [0.05, 0.1) is 0 Å². The number of benzene rings is 1. The summed E-state index contributed by atoms with van der Waals surface area (Å²) in [7, 11) is 1.84. The van der Waals surface area contributed by atoms with E-state index in [9.17, 15) is 0 Å². The van der Waals surface area contributed by atoms with Crippen LogP contribution in [0.5, 0.6) is 0 Å². The SMILES string of the molecule is Cn1nnc2c(N3CCCC3)nc(Cc3ccc(Cl)cc3Cl)nc21.